The summed E-state index contributed by atoms with van der Waals surface area (Å²) in [6.07, 6.45) is -1.27. The number of aliphatic hydroxyl groups is 1. The van der Waals surface area contributed by atoms with E-state index in [4.69, 9.17) is 9.16 Å². The summed E-state index contributed by atoms with van der Waals surface area (Å²) in [5.74, 6) is 0. The topological polar surface area (TPSA) is 59.0 Å². The Morgan fingerprint density at radius 2 is 1.65 bits per heavy atom. The van der Waals surface area contributed by atoms with Gasteiger partial charge in [-0.3, -0.25) is 4.90 Å². The number of amides is 1. The van der Waals surface area contributed by atoms with Crippen molar-refractivity contribution >= 4 is 20.1 Å². The first-order valence-electron chi connectivity index (χ1n) is 9.10. The molecule has 1 unspecified atom stereocenters. The minimum Gasteiger partial charge on any atom is -0.443 e. The van der Waals surface area contributed by atoms with Crippen molar-refractivity contribution in [2.45, 2.75) is 71.4 Å². The lowest BCUT2D eigenvalue weighted by molar-refractivity contribution is 0.0529. The Kier molecular flexibility index (Phi) is 7.45. The highest BCUT2D eigenvalue weighted by molar-refractivity contribution is 6.74. The molecule has 0 aromatic heterocycles. The second-order valence-corrected chi connectivity index (χ2v) is 14.0. The molecule has 1 amide bonds. The molecule has 0 heterocycles. The number of carbonyl (C=O) groups is 1. The second kappa shape index (κ2) is 8.54. The largest absolute Gasteiger partial charge is 0.443 e. The maximum Gasteiger partial charge on any atom is 0.414 e. The molecule has 1 atom stereocenters. The van der Waals surface area contributed by atoms with Gasteiger partial charge in [-0.1, -0.05) is 39.0 Å². The zero-order chi connectivity index (χ0) is 20.2. The summed E-state index contributed by atoms with van der Waals surface area (Å²) in [6.45, 7) is 16.5. The molecule has 0 saturated heterocycles. The molecule has 1 aromatic carbocycles. The van der Waals surface area contributed by atoms with Crippen molar-refractivity contribution in [3.63, 3.8) is 0 Å². The fraction of sp³-hybridized carbons (Fsp3) is 0.650. The van der Waals surface area contributed by atoms with Gasteiger partial charge in [0.1, 0.15) is 5.60 Å². The smallest absolute Gasteiger partial charge is 0.414 e. The van der Waals surface area contributed by atoms with E-state index in [0.717, 1.165) is 0 Å². The Bertz CT molecular complexity index is 576. The molecule has 0 bridgehead atoms. The summed E-state index contributed by atoms with van der Waals surface area (Å²) in [4.78, 5) is 14.1. The van der Waals surface area contributed by atoms with Gasteiger partial charge in [-0.15, -0.1) is 0 Å². The van der Waals surface area contributed by atoms with E-state index >= 15 is 0 Å². The summed E-state index contributed by atoms with van der Waals surface area (Å²) in [6, 6.07) is 9.24. The zero-order valence-corrected chi connectivity index (χ0v) is 18.5. The molecular formula is C20H35NO4Si. The lowest BCUT2D eigenvalue weighted by Gasteiger charge is -2.37. The van der Waals surface area contributed by atoms with E-state index in [1.54, 1.807) is 0 Å². The molecule has 0 aliphatic heterocycles. The molecule has 148 valence electrons. The Morgan fingerprint density at radius 3 is 2.12 bits per heavy atom. The van der Waals surface area contributed by atoms with Gasteiger partial charge in [0.2, 0.25) is 0 Å². The Hall–Kier alpha value is -1.37. The molecule has 0 radical (unpaired) electrons. The van der Waals surface area contributed by atoms with Gasteiger partial charge >= 0.3 is 6.09 Å². The molecule has 1 N–H and O–H groups in total. The van der Waals surface area contributed by atoms with Crippen LogP contribution < -0.4 is 4.90 Å². The highest BCUT2D eigenvalue weighted by Crippen LogP contribution is 2.36. The number of hydrogen-bond acceptors (Lipinski definition) is 4. The summed E-state index contributed by atoms with van der Waals surface area (Å²) in [7, 11) is -1.96. The highest BCUT2D eigenvalue weighted by atomic mass is 28.4. The SMILES string of the molecule is CC(C)(C)OC(=O)N(CC(O)CO[Si](C)(C)C(C)(C)C)c1ccccc1. The van der Waals surface area contributed by atoms with Gasteiger partial charge in [0.25, 0.3) is 0 Å². The molecule has 0 aliphatic rings. The van der Waals surface area contributed by atoms with Crippen LogP contribution in [0.3, 0.4) is 0 Å². The molecule has 0 aliphatic carbocycles. The first kappa shape index (κ1) is 22.7. The molecule has 26 heavy (non-hydrogen) atoms. The summed E-state index contributed by atoms with van der Waals surface area (Å²) in [5.41, 5.74) is 0.0836. The number of nitrogens with zero attached hydrogens (tertiary/aromatic N) is 1. The second-order valence-electron chi connectivity index (χ2n) is 9.15. The molecule has 0 spiro atoms. The lowest BCUT2D eigenvalue weighted by Crippen LogP contribution is -2.46. The van der Waals surface area contributed by atoms with Crippen LogP contribution in [0.1, 0.15) is 41.5 Å². The van der Waals surface area contributed by atoms with E-state index in [1.165, 1.54) is 4.90 Å². The third kappa shape index (κ3) is 7.09. The van der Waals surface area contributed by atoms with Crippen LogP contribution in [0.5, 0.6) is 0 Å². The van der Waals surface area contributed by atoms with Gasteiger partial charge in [-0.05, 0) is 51.0 Å². The van der Waals surface area contributed by atoms with Gasteiger partial charge < -0.3 is 14.3 Å². The van der Waals surface area contributed by atoms with Crippen LogP contribution in [-0.2, 0) is 9.16 Å². The minimum atomic E-state index is -1.96. The molecule has 0 saturated carbocycles. The van der Waals surface area contributed by atoms with Crippen LogP contribution in [-0.4, -0.2) is 44.4 Å². The Balaban J connectivity index is 2.84. The quantitative estimate of drug-likeness (QED) is 0.718. The van der Waals surface area contributed by atoms with Crippen LogP contribution >= 0.6 is 0 Å². The summed E-state index contributed by atoms with van der Waals surface area (Å²) < 4.78 is 11.6. The van der Waals surface area contributed by atoms with Crippen LogP contribution in [0.2, 0.25) is 18.1 Å². The summed E-state index contributed by atoms with van der Waals surface area (Å²) in [5, 5.41) is 10.6. The first-order chi connectivity index (χ1) is 11.7. The van der Waals surface area contributed by atoms with E-state index in [9.17, 15) is 9.90 Å². The van der Waals surface area contributed by atoms with Crippen molar-refractivity contribution in [1.82, 2.24) is 0 Å². The number of rotatable bonds is 6. The van der Waals surface area contributed by atoms with E-state index in [-0.39, 0.29) is 18.2 Å². The monoisotopic (exact) mass is 381 g/mol. The average molecular weight is 382 g/mol. The minimum absolute atomic E-state index is 0.0665. The van der Waals surface area contributed by atoms with E-state index < -0.39 is 26.1 Å². The van der Waals surface area contributed by atoms with Crippen molar-refractivity contribution < 1.29 is 19.1 Å². The normalized spacial score (nSPS) is 14.0. The maximum atomic E-state index is 12.6. The highest BCUT2D eigenvalue weighted by Gasteiger charge is 2.37. The average Bonchev–Trinajstić information content (AvgIpc) is 2.48. The predicted molar refractivity (Wildman–Crippen MR) is 109 cm³/mol. The van der Waals surface area contributed by atoms with Crippen molar-refractivity contribution in [3.05, 3.63) is 30.3 Å². The van der Waals surface area contributed by atoms with Crippen LogP contribution in [0, 0.1) is 0 Å². The molecule has 5 nitrogen and oxygen atoms in total. The van der Waals surface area contributed by atoms with Crippen molar-refractivity contribution in [3.8, 4) is 0 Å². The fourth-order valence-corrected chi connectivity index (χ4v) is 3.04. The van der Waals surface area contributed by atoms with Crippen molar-refractivity contribution in [1.29, 1.82) is 0 Å². The van der Waals surface area contributed by atoms with Crippen LogP contribution in [0.25, 0.3) is 0 Å². The van der Waals surface area contributed by atoms with Gasteiger partial charge in [-0.2, -0.15) is 0 Å². The van der Waals surface area contributed by atoms with Crippen LogP contribution in [0.15, 0.2) is 30.3 Å². The lowest BCUT2D eigenvalue weighted by atomic mass is 10.2. The third-order valence-corrected chi connectivity index (χ3v) is 9.02. The molecule has 6 heteroatoms. The van der Waals surface area contributed by atoms with Crippen molar-refractivity contribution in [2.24, 2.45) is 0 Å². The number of ether oxygens (including phenoxy) is 1. The van der Waals surface area contributed by atoms with Crippen molar-refractivity contribution in [2.75, 3.05) is 18.1 Å². The predicted octanol–water partition coefficient (Wildman–Crippen LogP) is 4.81. The molecule has 1 aromatic rings. The van der Waals surface area contributed by atoms with E-state index in [1.807, 2.05) is 51.1 Å². The maximum absolute atomic E-state index is 12.6. The Labute approximate surface area is 159 Å². The number of hydrogen-bond donors (Lipinski definition) is 1. The summed E-state index contributed by atoms with van der Waals surface area (Å²) >= 11 is 0. The van der Waals surface area contributed by atoms with Gasteiger partial charge in [0, 0.05) is 5.69 Å². The molecule has 0 fully saturated rings. The number of benzene rings is 1. The molecule has 1 rings (SSSR count). The van der Waals surface area contributed by atoms with Gasteiger partial charge in [0.05, 0.1) is 19.3 Å². The van der Waals surface area contributed by atoms with E-state index in [0.29, 0.717) is 5.69 Å². The number of para-hydroxylation sites is 1. The number of aliphatic hydroxyl groups excluding tert-OH is 1. The van der Waals surface area contributed by atoms with Crippen LogP contribution in [0.4, 0.5) is 10.5 Å². The van der Waals surface area contributed by atoms with Gasteiger partial charge in [0.15, 0.2) is 8.32 Å². The van der Waals surface area contributed by atoms with E-state index in [2.05, 4.69) is 33.9 Å². The standard InChI is InChI=1S/C20H35NO4Si/c1-19(2,3)25-18(23)21(16-12-10-9-11-13-16)14-17(22)15-24-26(7,8)20(4,5)6/h9-13,17,22H,14-15H2,1-8H3. The molecular weight excluding hydrogens is 346 g/mol. The first-order valence-corrected chi connectivity index (χ1v) is 12.0. The fourth-order valence-electron chi connectivity index (χ4n) is 1.99. The Morgan fingerprint density at radius 1 is 1.12 bits per heavy atom. The third-order valence-electron chi connectivity index (χ3n) is 4.52. The number of carbonyl (C=O) groups excluding carboxylic acids is 1. The zero-order valence-electron chi connectivity index (χ0n) is 17.5. The van der Waals surface area contributed by atoms with Gasteiger partial charge in [-0.25, -0.2) is 4.79 Å². The number of anilines is 1.